The summed E-state index contributed by atoms with van der Waals surface area (Å²) < 4.78 is 5.12. The van der Waals surface area contributed by atoms with Crippen molar-refractivity contribution in [3.8, 4) is 0 Å². The van der Waals surface area contributed by atoms with Crippen LogP contribution in [0.2, 0.25) is 0 Å². The van der Waals surface area contributed by atoms with Gasteiger partial charge in [-0.15, -0.1) is 0 Å². The monoisotopic (exact) mass is 195 g/mol. The highest BCUT2D eigenvalue weighted by atomic mass is 16.5. The fraction of sp³-hybridized carbons (Fsp3) is 0.800. The standard InChI is InChI=1S/C10H17N3O/c1-2-5-11-7-10-12-9(13-14-10)6-8-3-4-8/h8,11H,2-7H2,1H3. The molecule has 1 aromatic heterocycles. The van der Waals surface area contributed by atoms with Crippen LogP contribution in [0.5, 0.6) is 0 Å². The van der Waals surface area contributed by atoms with Gasteiger partial charge in [-0.2, -0.15) is 4.98 Å². The van der Waals surface area contributed by atoms with Gasteiger partial charge in [-0.3, -0.25) is 0 Å². The minimum atomic E-state index is 0.700. The topological polar surface area (TPSA) is 51.0 Å². The molecule has 1 aliphatic rings. The lowest BCUT2D eigenvalue weighted by molar-refractivity contribution is 0.362. The Balaban J connectivity index is 1.76. The van der Waals surface area contributed by atoms with Crippen molar-refractivity contribution in [2.24, 2.45) is 5.92 Å². The molecule has 14 heavy (non-hydrogen) atoms. The zero-order chi connectivity index (χ0) is 9.80. The summed E-state index contributed by atoms with van der Waals surface area (Å²) in [4.78, 5) is 4.32. The van der Waals surface area contributed by atoms with E-state index in [0.717, 1.165) is 31.1 Å². The van der Waals surface area contributed by atoms with E-state index in [1.54, 1.807) is 0 Å². The summed E-state index contributed by atoms with van der Waals surface area (Å²) in [5, 5.41) is 7.19. The molecule has 4 heteroatoms. The predicted molar refractivity (Wildman–Crippen MR) is 52.7 cm³/mol. The van der Waals surface area contributed by atoms with Gasteiger partial charge in [0.2, 0.25) is 5.89 Å². The van der Waals surface area contributed by atoms with Crippen LogP contribution in [0.15, 0.2) is 4.52 Å². The van der Waals surface area contributed by atoms with Gasteiger partial charge in [-0.1, -0.05) is 12.1 Å². The van der Waals surface area contributed by atoms with Crippen molar-refractivity contribution in [3.05, 3.63) is 11.7 Å². The molecular weight excluding hydrogens is 178 g/mol. The highest BCUT2D eigenvalue weighted by Gasteiger charge is 2.23. The Morgan fingerprint density at radius 1 is 1.50 bits per heavy atom. The molecule has 0 amide bonds. The van der Waals surface area contributed by atoms with E-state index >= 15 is 0 Å². The third-order valence-corrected chi connectivity index (χ3v) is 2.38. The lowest BCUT2D eigenvalue weighted by Gasteiger charge is -1.95. The highest BCUT2D eigenvalue weighted by Crippen LogP contribution is 2.31. The molecule has 4 nitrogen and oxygen atoms in total. The van der Waals surface area contributed by atoms with E-state index < -0.39 is 0 Å². The van der Waals surface area contributed by atoms with Crippen molar-refractivity contribution in [1.29, 1.82) is 0 Å². The van der Waals surface area contributed by atoms with Gasteiger partial charge in [0.05, 0.1) is 6.54 Å². The van der Waals surface area contributed by atoms with Crippen LogP contribution in [0.3, 0.4) is 0 Å². The molecule has 0 spiro atoms. The minimum absolute atomic E-state index is 0.700. The third-order valence-electron chi connectivity index (χ3n) is 2.38. The summed E-state index contributed by atoms with van der Waals surface area (Å²) in [6, 6.07) is 0. The second-order valence-corrected chi connectivity index (χ2v) is 3.93. The van der Waals surface area contributed by atoms with E-state index in [-0.39, 0.29) is 0 Å². The van der Waals surface area contributed by atoms with Crippen LogP contribution < -0.4 is 5.32 Å². The van der Waals surface area contributed by atoms with Crippen molar-refractivity contribution in [1.82, 2.24) is 15.5 Å². The molecule has 1 saturated carbocycles. The average molecular weight is 195 g/mol. The molecular formula is C10H17N3O. The molecule has 1 aliphatic carbocycles. The molecule has 1 N–H and O–H groups in total. The fourth-order valence-corrected chi connectivity index (χ4v) is 1.40. The Hall–Kier alpha value is -0.900. The number of nitrogens with zero attached hydrogens (tertiary/aromatic N) is 2. The number of hydrogen-bond acceptors (Lipinski definition) is 4. The van der Waals surface area contributed by atoms with E-state index in [0.29, 0.717) is 12.4 Å². The van der Waals surface area contributed by atoms with Crippen LogP contribution in [-0.2, 0) is 13.0 Å². The molecule has 1 heterocycles. The third kappa shape index (κ3) is 2.80. The number of rotatable bonds is 6. The van der Waals surface area contributed by atoms with Crippen LogP contribution in [0, 0.1) is 5.92 Å². The van der Waals surface area contributed by atoms with Crippen molar-refractivity contribution < 1.29 is 4.52 Å². The van der Waals surface area contributed by atoms with E-state index in [9.17, 15) is 0 Å². The van der Waals surface area contributed by atoms with E-state index in [2.05, 4.69) is 22.4 Å². The molecule has 0 aromatic carbocycles. The largest absolute Gasteiger partial charge is 0.338 e. The SMILES string of the molecule is CCCNCc1nc(CC2CC2)no1. The predicted octanol–water partition coefficient (Wildman–Crippen LogP) is 1.52. The summed E-state index contributed by atoms with van der Waals surface area (Å²) in [5.41, 5.74) is 0. The minimum Gasteiger partial charge on any atom is -0.338 e. The first-order chi connectivity index (χ1) is 6.88. The molecule has 0 aliphatic heterocycles. The Morgan fingerprint density at radius 2 is 2.36 bits per heavy atom. The van der Waals surface area contributed by atoms with Crippen molar-refractivity contribution in [3.63, 3.8) is 0 Å². The molecule has 0 radical (unpaired) electrons. The van der Waals surface area contributed by atoms with Gasteiger partial charge >= 0.3 is 0 Å². The summed E-state index contributed by atoms with van der Waals surface area (Å²) in [5.74, 6) is 2.42. The quantitative estimate of drug-likeness (QED) is 0.699. The molecule has 0 unspecified atom stereocenters. The summed E-state index contributed by atoms with van der Waals surface area (Å²) in [6.07, 6.45) is 4.79. The lowest BCUT2D eigenvalue weighted by Crippen LogP contribution is -2.13. The van der Waals surface area contributed by atoms with Crippen LogP contribution in [0.4, 0.5) is 0 Å². The molecule has 2 rings (SSSR count). The van der Waals surface area contributed by atoms with Crippen LogP contribution >= 0.6 is 0 Å². The van der Waals surface area contributed by atoms with Crippen LogP contribution in [0.1, 0.15) is 37.9 Å². The van der Waals surface area contributed by atoms with Crippen molar-refractivity contribution in [2.45, 2.75) is 39.2 Å². The first kappa shape index (κ1) is 9.65. The van der Waals surface area contributed by atoms with E-state index in [1.807, 2.05) is 0 Å². The molecule has 0 saturated heterocycles. The maximum absolute atomic E-state index is 5.12. The molecule has 0 atom stereocenters. The van der Waals surface area contributed by atoms with Gasteiger partial charge in [0, 0.05) is 6.42 Å². The number of aromatic nitrogens is 2. The van der Waals surface area contributed by atoms with E-state index in [1.165, 1.54) is 12.8 Å². The second kappa shape index (κ2) is 4.55. The first-order valence-corrected chi connectivity index (χ1v) is 5.40. The first-order valence-electron chi connectivity index (χ1n) is 5.40. The van der Waals surface area contributed by atoms with E-state index in [4.69, 9.17) is 4.52 Å². The van der Waals surface area contributed by atoms with Crippen molar-refractivity contribution >= 4 is 0 Å². The Kier molecular flexibility index (Phi) is 3.14. The fourth-order valence-electron chi connectivity index (χ4n) is 1.40. The maximum Gasteiger partial charge on any atom is 0.240 e. The molecule has 0 bridgehead atoms. The van der Waals surface area contributed by atoms with Crippen LogP contribution in [0.25, 0.3) is 0 Å². The number of nitrogens with one attached hydrogen (secondary N) is 1. The Morgan fingerprint density at radius 3 is 3.07 bits per heavy atom. The highest BCUT2D eigenvalue weighted by molar-refractivity contribution is 4.91. The Bertz CT molecular complexity index is 281. The lowest BCUT2D eigenvalue weighted by atomic mass is 10.3. The zero-order valence-electron chi connectivity index (χ0n) is 8.62. The normalized spacial score (nSPS) is 16.1. The summed E-state index contributed by atoms with van der Waals surface area (Å²) in [6.45, 7) is 3.84. The molecule has 1 fully saturated rings. The molecule has 1 aromatic rings. The number of hydrogen-bond donors (Lipinski definition) is 1. The smallest absolute Gasteiger partial charge is 0.240 e. The average Bonchev–Trinajstić information content (AvgIpc) is 2.87. The van der Waals surface area contributed by atoms with Gasteiger partial charge < -0.3 is 9.84 Å². The second-order valence-electron chi connectivity index (χ2n) is 3.93. The van der Waals surface area contributed by atoms with Crippen molar-refractivity contribution in [2.75, 3.05) is 6.54 Å². The molecule has 78 valence electrons. The summed E-state index contributed by atoms with van der Waals surface area (Å²) >= 11 is 0. The van der Waals surface area contributed by atoms with Crippen LogP contribution in [-0.4, -0.2) is 16.7 Å². The van der Waals surface area contributed by atoms with Gasteiger partial charge in [0.1, 0.15) is 0 Å². The van der Waals surface area contributed by atoms with Gasteiger partial charge in [0.15, 0.2) is 5.82 Å². The maximum atomic E-state index is 5.12. The zero-order valence-corrected chi connectivity index (χ0v) is 8.62. The Labute approximate surface area is 84.1 Å². The van der Waals surface area contributed by atoms with Gasteiger partial charge in [-0.05, 0) is 31.7 Å². The summed E-state index contributed by atoms with van der Waals surface area (Å²) in [7, 11) is 0. The van der Waals surface area contributed by atoms with Gasteiger partial charge in [0.25, 0.3) is 0 Å². The van der Waals surface area contributed by atoms with Gasteiger partial charge in [-0.25, -0.2) is 0 Å².